The maximum absolute atomic E-state index is 12.9. The zero-order valence-electron chi connectivity index (χ0n) is 16.9. The molecule has 0 spiro atoms. The van der Waals surface area contributed by atoms with Crippen LogP contribution in [0.5, 0.6) is 5.75 Å². The average Bonchev–Trinajstić information content (AvgIpc) is 2.75. The number of amides is 1. The zero-order valence-corrected chi connectivity index (χ0v) is 17.7. The smallest absolute Gasteiger partial charge is 0.259 e. The van der Waals surface area contributed by atoms with Crippen molar-refractivity contribution in [1.82, 2.24) is 4.31 Å². The Bertz CT molecular complexity index is 936. The summed E-state index contributed by atoms with van der Waals surface area (Å²) < 4.78 is 32.8. The third-order valence-corrected chi connectivity index (χ3v) is 7.23. The van der Waals surface area contributed by atoms with E-state index in [2.05, 4.69) is 5.32 Å². The molecule has 0 unspecified atom stereocenters. The van der Waals surface area contributed by atoms with Crippen LogP contribution < -0.4 is 10.1 Å². The van der Waals surface area contributed by atoms with Gasteiger partial charge >= 0.3 is 0 Å². The molecule has 1 amide bonds. The number of hydrogen-bond donors (Lipinski definition) is 1. The van der Waals surface area contributed by atoms with Gasteiger partial charge in [-0.25, -0.2) is 8.42 Å². The minimum atomic E-state index is -3.55. The van der Waals surface area contributed by atoms with Crippen LogP contribution in [0, 0.1) is 0 Å². The number of anilines is 1. The lowest BCUT2D eigenvalue weighted by Gasteiger charge is -2.30. The Balaban J connectivity index is 1.72. The van der Waals surface area contributed by atoms with Crippen molar-refractivity contribution in [2.24, 2.45) is 0 Å². The monoisotopic (exact) mass is 416 g/mol. The van der Waals surface area contributed by atoms with Crippen molar-refractivity contribution in [2.45, 2.75) is 50.0 Å². The number of hydrogen-bond acceptors (Lipinski definition) is 4. The lowest BCUT2D eigenvalue weighted by molar-refractivity contribution is 0.102. The molecule has 1 aliphatic rings. The van der Waals surface area contributed by atoms with Gasteiger partial charge in [0.1, 0.15) is 5.75 Å². The van der Waals surface area contributed by atoms with Gasteiger partial charge in [-0.05, 0) is 56.2 Å². The molecule has 156 valence electrons. The SMILES string of the molecule is CCOc1ccccc1C(=O)Nc1ccc(S(=O)(=O)N(C)C2CCCCC2)cc1. The van der Waals surface area contributed by atoms with Gasteiger partial charge in [0, 0.05) is 18.8 Å². The number of carbonyl (C=O) groups excluding carboxylic acids is 1. The van der Waals surface area contributed by atoms with Gasteiger partial charge in [0.15, 0.2) is 0 Å². The number of nitrogens with one attached hydrogen (secondary N) is 1. The van der Waals surface area contributed by atoms with E-state index >= 15 is 0 Å². The summed E-state index contributed by atoms with van der Waals surface area (Å²) >= 11 is 0. The highest BCUT2D eigenvalue weighted by atomic mass is 32.2. The fourth-order valence-corrected chi connectivity index (χ4v) is 5.07. The number of para-hydroxylation sites is 1. The first kappa shape index (κ1) is 21.3. The molecular weight excluding hydrogens is 388 g/mol. The summed E-state index contributed by atoms with van der Waals surface area (Å²) in [4.78, 5) is 12.8. The Morgan fingerprint density at radius 3 is 2.38 bits per heavy atom. The van der Waals surface area contributed by atoms with Crippen LogP contribution in [0.2, 0.25) is 0 Å². The molecule has 0 heterocycles. The first-order chi connectivity index (χ1) is 13.9. The second-order valence-electron chi connectivity index (χ2n) is 7.22. The lowest BCUT2D eigenvalue weighted by Crippen LogP contribution is -2.38. The van der Waals surface area contributed by atoms with Gasteiger partial charge in [0.25, 0.3) is 5.91 Å². The summed E-state index contributed by atoms with van der Waals surface area (Å²) in [7, 11) is -1.89. The molecule has 1 aliphatic carbocycles. The number of ether oxygens (including phenoxy) is 1. The Morgan fingerprint density at radius 2 is 1.72 bits per heavy atom. The van der Waals surface area contributed by atoms with Crippen molar-refractivity contribution in [3.05, 3.63) is 54.1 Å². The quantitative estimate of drug-likeness (QED) is 0.730. The molecule has 0 aromatic heterocycles. The van der Waals surface area contributed by atoms with E-state index in [9.17, 15) is 13.2 Å². The molecule has 6 nitrogen and oxygen atoms in total. The topological polar surface area (TPSA) is 75.7 Å². The number of benzene rings is 2. The molecule has 0 atom stereocenters. The highest BCUT2D eigenvalue weighted by molar-refractivity contribution is 7.89. The number of nitrogens with zero attached hydrogens (tertiary/aromatic N) is 1. The normalized spacial score (nSPS) is 15.3. The van der Waals surface area contributed by atoms with E-state index in [1.807, 2.05) is 13.0 Å². The van der Waals surface area contributed by atoms with E-state index < -0.39 is 10.0 Å². The molecule has 0 aliphatic heterocycles. The van der Waals surface area contributed by atoms with E-state index in [0.717, 1.165) is 25.7 Å². The maximum atomic E-state index is 12.9. The van der Waals surface area contributed by atoms with E-state index in [1.165, 1.54) is 10.7 Å². The van der Waals surface area contributed by atoms with Gasteiger partial charge in [-0.15, -0.1) is 0 Å². The van der Waals surface area contributed by atoms with Crippen molar-refractivity contribution in [3.63, 3.8) is 0 Å². The van der Waals surface area contributed by atoms with Crippen LogP contribution in [-0.2, 0) is 10.0 Å². The largest absolute Gasteiger partial charge is 0.493 e. The van der Waals surface area contributed by atoms with Gasteiger partial charge in [-0.2, -0.15) is 4.31 Å². The molecule has 1 saturated carbocycles. The summed E-state index contributed by atoms with van der Waals surface area (Å²) in [5.74, 6) is 0.213. The second kappa shape index (κ2) is 9.41. The Hall–Kier alpha value is -2.38. The summed E-state index contributed by atoms with van der Waals surface area (Å²) in [6.07, 6.45) is 5.12. The molecule has 29 heavy (non-hydrogen) atoms. The summed E-state index contributed by atoms with van der Waals surface area (Å²) in [6, 6.07) is 13.4. The summed E-state index contributed by atoms with van der Waals surface area (Å²) in [5.41, 5.74) is 0.962. The van der Waals surface area contributed by atoms with Gasteiger partial charge in [0.05, 0.1) is 17.1 Å². The maximum Gasteiger partial charge on any atom is 0.259 e. The van der Waals surface area contributed by atoms with E-state index in [1.54, 1.807) is 49.5 Å². The Morgan fingerprint density at radius 1 is 1.07 bits per heavy atom. The van der Waals surface area contributed by atoms with E-state index in [-0.39, 0.29) is 16.8 Å². The second-order valence-corrected chi connectivity index (χ2v) is 9.22. The third kappa shape index (κ3) is 4.97. The molecule has 2 aromatic carbocycles. The number of rotatable bonds is 7. The van der Waals surface area contributed by atoms with E-state index in [0.29, 0.717) is 23.6 Å². The molecule has 0 radical (unpaired) electrons. The molecular formula is C22H28N2O4S. The molecule has 3 rings (SSSR count). The van der Waals surface area contributed by atoms with Crippen molar-refractivity contribution >= 4 is 21.6 Å². The predicted molar refractivity (Wildman–Crippen MR) is 114 cm³/mol. The van der Waals surface area contributed by atoms with Crippen LogP contribution in [0.4, 0.5) is 5.69 Å². The highest BCUT2D eigenvalue weighted by Gasteiger charge is 2.29. The molecule has 0 saturated heterocycles. The van der Waals surface area contributed by atoms with Crippen molar-refractivity contribution in [3.8, 4) is 5.75 Å². The van der Waals surface area contributed by atoms with Gasteiger partial charge in [-0.1, -0.05) is 31.4 Å². The van der Waals surface area contributed by atoms with Crippen LogP contribution in [-0.4, -0.2) is 38.3 Å². The van der Waals surface area contributed by atoms with Gasteiger partial charge in [-0.3, -0.25) is 4.79 Å². The Kier molecular flexibility index (Phi) is 6.92. The molecule has 1 fully saturated rings. The molecule has 2 aromatic rings. The first-order valence-electron chi connectivity index (χ1n) is 10.0. The third-order valence-electron chi connectivity index (χ3n) is 5.31. The van der Waals surface area contributed by atoms with E-state index in [4.69, 9.17) is 4.74 Å². The predicted octanol–water partition coefficient (Wildman–Crippen LogP) is 4.29. The molecule has 0 bridgehead atoms. The van der Waals surface area contributed by atoms with Crippen molar-refractivity contribution in [1.29, 1.82) is 0 Å². The number of carbonyl (C=O) groups is 1. The van der Waals surface area contributed by atoms with Crippen LogP contribution in [0.3, 0.4) is 0 Å². The first-order valence-corrected chi connectivity index (χ1v) is 11.5. The van der Waals surface area contributed by atoms with Gasteiger partial charge in [0.2, 0.25) is 10.0 Å². The summed E-state index contributed by atoms with van der Waals surface area (Å²) in [6.45, 7) is 2.32. The standard InChI is InChI=1S/C22H28N2O4S/c1-3-28-21-12-8-7-11-20(21)22(25)23-17-13-15-19(16-14-17)29(26,27)24(2)18-9-5-4-6-10-18/h7-8,11-16,18H,3-6,9-10H2,1-2H3,(H,23,25). The zero-order chi connectivity index (χ0) is 20.9. The fourth-order valence-electron chi connectivity index (χ4n) is 3.65. The fraction of sp³-hybridized carbons (Fsp3) is 0.409. The molecule has 1 N–H and O–H groups in total. The van der Waals surface area contributed by atoms with Crippen LogP contribution in [0.25, 0.3) is 0 Å². The molecule has 7 heteroatoms. The van der Waals surface area contributed by atoms with Crippen molar-refractivity contribution < 1.29 is 17.9 Å². The van der Waals surface area contributed by atoms with Crippen LogP contribution in [0.15, 0.2) is 53.4 Å². The Labute approximate surface area is 172 Å². The average molecular weight is 417 g/mol. The van der Waals surface area contributed by atoms with Crippen LogP contribution >= 0.6 is 0 Å². The minimum absolute atomic E-state index is 0.0585. The van der Waals surface area contributed by atoms with Gasteiger partial charge < -0.3 is 10.1 Å². The summed E-state index contributed by atoms with van der Waals surface area (Å²) in [5, 5.41) is 2.80. The van der Waals surface area contributed by atoms with Crippen molar-refractivity contribution in [2.75, 3.05) is 19.0 Å². The highest BCUT2D eigenvalue weighted by Crippen LogP contribution is 2.27. The number of sulfonamides is 1. The minimum Gasteiger partial charge on any atom is -0.493 e. The van der Waals surface area contributed by atoms with Crippen LogP contribution in [0.1, 0.15) is 49.4 Å². The lowest BCUT2D eigenvalue weighted by atomic mass is 9.96.